The number of nitrogens with zero attached hydrogens (tertiary/aromatic N) is 3. The molecule has 1 unspecified atom stereocenters. The number of carboxylic acids is 1. The molecule has 1 amide bonds. The third-order valence-corrected chi connectivity index (χ3v) is 4.87. The van der Waals surface area contributed by atoms with Crippen molar-refractivity contribution in [1.82, 2.24) is 15.5 Å². The van der Waals surface area contributed by atoms with Crippen molar-refractivity contribution in [2.45, 2.75) is 45.7 Å². The monoisotopic (exact) mass is 397 g/mol. The molecule has 0 fully saturated rings. The van der Waals surface area contributed by atoms with E-state index in [1.807, 2.05) is 19.9 Å². The number of nitrogens with one attached hydrogen (secondary N) is 2. The summed E-state index contributed by atoms with van der Waals surface area (Å²) in [7, 11) is 0. The van der Waals surface area contributed by atoms with Gasteiger partial charge in [0.05, 0.1) is 11.4 Å². The predicted molar refractivity (Wildman–Crippen MR) is 108 cm³/mol. The molecule has 29 heavy (non-hydrogen) atoms. The normalized spacial score (nSPS) is 15.9. The zero-order valence-corrected chi connectivity index (χ0v) is 16.3. The first kappa shape index (κ1) is 20.2. The molecule has 0 radical (unpaired) electrons. The molecule has 9 nitrogen and oxygen atoms in total. The van der Waals surface area contributed by atoms with E-state index in [1.165, 1.54) is 5.01 Å². The standard InChI is InChI=1S/C20H23N5O4/c1-3-13-14(18(26)23-22-15(13)4-2)11-21-19(27)16-10-17(20(28)29)25(24-16)12-8-6-5-7-9-12/h5-9,17H,3-4,10-11H2,1-2H3,(H,21,27)(H,23,26)(H,28,29). The number of benzene rings is 1. The van der Waals surface area contributed by atoms with Gasteiger partial charge in [0.25, 0.3) is 11.5 Å². The van der Waals surface area contributed by atoms with Gasteiger partial charge < -0.3 is 10.4 Å². The van der Waals surface area contributed by atoms with E-state index in [1.54, 1.807) is 24.3 Å². The SMILES string of the molecule is CCc1n[nH]c(=O)c(CNC(=O)C2=NN(c3ccccc3)C(C(=O)O)C2)c1CC. The number of para-hydroxylation sites is 1. The third-order valence-electron chi connectivity index (χ3n) is 4.87. The maximum Gasteiger partial charge on any atom is 0.328 e. The number of aromatic amines is 1. The van der Waals surface area contributed by atoms with Crippen molar-refractivity contribution in [1.29, 1.82) is 0 Å². The molecule has 1 atom stereocenters. The van der Waals surface area contributed by atoms with E-state index in [0.29, 0.717) is 24.1 Å². The molecule has 152 valence electrons. The number of rotatable bonds is 7. The maximum atomic E-state index is 12.6. The van der Waals surface area contributed by atoms with Gasteiger partial charge in [0.15, 0.2) is 6.04 Å². The van der Waals surface area contributed by atoms with Crippen LogP contribution in [0.15, 0.2) is 40.2 Å². The van der Waals surface area contributed by atoms with Gasteiger partial charge in [-0.25, -0.2) is 9.89 Å². The Kier molecular flexibility index (Phi) is 6.06. The summed E-state index contributed by atoms with van der Waals surface area (Å²) < 4.78 is 0. The molecule has 1 aromatic carbocycles. The summed E-state index contributed by atoms with van der Waals surface area (Å²) in [6.45, 7) is 3.89. The van der Waals surface area contributed by atoms with Gasteiger partial charge in [-0.1, -0.05) is 32.0 Å². The minimum Gasteiger partial charge on any atom is -0.480 e. The van der Waals surface area contributed by atoms with E-state index < -0.39 is 17.9 Å². The van der Waals surface area contributed by atoms with Crippen molar-refractivity contribution in [3.05, 3.63) is 57.5 Å². The Labute approximate surface area is 167 Å². The highest BCUT2D eigenvalue weighted by atomic mass is 16.4. The Morgan fingerprint density at radius 2 is 1.93 bits per heavy atom. The van der Waals surface area contributed by atoms with Gasteiger partial charge in [-0.05, 0) is 30.5 Å². The summed E-state index contributed by atoms with van der Waals surface area (Å²) in [6, 6.07) is 7.87. The van der Waals surface area contributed by atoms with Crippen LogP contribution in [-0.2, 0) is 29.0 Å². The first-order valence-corrected chi connectivity index (χ1v) is 9.48. The smallest absolute Gasteiger partial charge is 0.328 e. The molecule has 1 aromatic heterocycles. The molecule has 0 aliphatic carbocycles. The lowest BCUT2D eigenvalue weighted by Gasteiger charge is -2.19. The van der Waals surface area contributed by atoms with Crippen molar-refractivity contribution in [2.75, 3.05) is 5.01 Å². The number of hydrogen-bond donors (Lipinski definition) is 3. The fourth-order valence-electron chi connectivity index (χ4n) is 3.39. The number of H-pyrrole nitrogens is 1. The minimum atomic E-state index is -1.06. The van der Waals surface area contributed by atoms with E-state index in [4.69, 9.17) is 0 Å². The van der Waals surface area contributed by atoms with Gasteiger partial charge in [-0.3, -0.25) is 14.6 Å². The number of carbonyl (C=O) groups is 2. The van der Waals surface area contributed by atoms with E-state index in [9.17, 15) is 19.5 Å². The van der Waals surface area contributed by atoms with Crippen LogP contribution in [-0.4, -0.2) is 38.9 Å². The second-order valence-corrected chi connectivity index (χ2v) is 6.63. The number of carbonyl (C=O) groups excluding carboxylic acids is 1. The molecule has 0 spiro atoms. The molecule has 3 rings (SSSR count). The number of aliphatic carboxylic acids is 1. The highest BCUT2D eigenvalue weighted by Gasteiger charge is 2.36. The summed E-state index contributed by atoms with van der Waals surface area (Å²) >= 11 is 0. The zero-order chi connectivity index (χ0) is 21.0. The second kappa shape index (κ2) is 8.68. The number of hydrogen-bond acceptors (Lipinski definition) is 6. The third kappa shape index (κ3) is 4.18. The van der Waals surface area contributed by atoms with E-state index >= 15 is 0 Å². The van der Waals surface area contributed by atoms with E-state index in [0.717, 1.165) is 11.3 Å². The molecule has 0 saturated heterocycles. The number of amides is 1. The first-order chi connectivity index (χ1) is 14.0. The van der Waals surface area contributed by atoms with Crippen LogP contribution in [0.3, 0.4) is 0 Å². The van der Waals surface area contributed by atoms with Gasteiger partial charge >= 0.3 is 5.97 Å². The number of anilines is 1. The van der Waals surface area contributed by atoms with Crippen LogP contribution in [0.1, 0.15) is 37.1 Å². The second-order valence-electron chi connectivity index (χ2n) is 6.63. The van der Waals surface area contributed by atoms with Crippen LogP contribution in [0.5, 0.6) is 0 Å². The Balaban J connectivity index is 1.80. The number of aryl methyl sites for hydroxylation is 1. The summed E-state index contributed by atoms with van der Waals surface area (Å²) in [5.41, 5.74) is 2.42. The van der Waals surface area contributed by atoms with Crippen molar-refractivity contribution in [3.63, 3.8) is 0 Å². The lowest BCUT2D eigenvalue weighted by molar-refractivity contribution is -0.138. The first-order valence-electron chi connectivity index (χ1n) is 9.48. The van der Waals surface area contributed by atoms with E-state index in [2.05, 4.69) is 20.6 Å². The molecule has 3 N–H and O–H groups in total. The van der Waals surface area contributed by atoms with Gasteiger partial charge in [-0.2, -0.15) is 10.2 Å². The largest absolute Gasteiger partial charge is 0.480 e. The molecule has 9 heteroatoms. The molecular weight excluding hydrogens is 374 g/mol. The summed E-state index contributed by atoms with van der Waals surface area (Å²) in [6.07, 6.45) is 1.26. The quantitative estimate of drug-likeness (QED) is 0.645. The van der Waals surface area contributed by atoms with Crippen molar-refractivity contribution >= 4 is 23.3 Å². The lowest BCUT2D eigenvalue weighted by Crippen LogP contribution is -2.36. The molecule has 0 bridgehead atoms. The predicted octanol–water partition coefficient (Wildman–Crippen LogP) is 1.23. The van der Waals surface area contributed by atoms with Crippen LogP contribution < -0.4 is 15.9 Å². The molecule has 1 aliphatic heterocycles. The highest BCUT2D eigenvalue weighted by molar-refractivity contribution is 6.40. The van der Waals surface area contributed by atoms with Gasteiger partial charge in [0, 0.05) is 18.5 Å². The average molecular weight is 397 g/mol. The topological polar surface area (TPSA) is 128 Å². The minimum absolute atomic E-state index is 0.0228. The van der Waals surface area contributed by atoms with Gasteiger partial charge in [0.2, 0.25) is 0 Å². The van der Waals surface area contributed by atoms with Gasteiger partial charge in [-0.15, -0.1) is 0 Å². The zero-order valence-electron chi connectivity index (χ0n) is 16.3. The summed E-state index contributed by atoms with van der Waals surface area (Å²) in [4.78, 5) is 36.5. The van der Waals surface area contributed by atoms with Gasteiger partial charge in [0.1, 0.15) is 5.71 Å². The molecule has 2 heterocycles. The number of aromatic nitrogens is 2. The summed E-state index contributed by atoms with van der Waals surface area (Å²) in [5, 5.41) is 24.3. The lowest BCUT2D eigenvalue weighted by atomic mass is 10.0. The van der Waals surface area contributed by atoms with Crippen LogP contribution in [0.4, 0.5) is 5.69 Å². The fourth-order valence-corrected chi connectivity index (χ4v) is 3.39. The Hall–Kier alpha value is -3.49. The van der Waals surface area contributed by atoms with Crippen LogP contribution in [0.25, 0.3) is 0 Å². The van der Waals surface area contributed by atoms with Crippen LogP contribution in [0.2, 0.25) is 0 Å². The number of hydrazone groups is 1. The fraction of sp³-hybridized carbons (Fsp3) is 0.350. The van der Waals surface area contributed by atoms with Crippen LogP contribution >= 0.6 is 0 Å². The molecule has 0 saturated carbocycles. The molecule has 2 aromatic rings. The average Bonchev–Trinajstić information content (AvgIpc) is 3.19. The van der Waals surface area contributed by atoms with Crippen molar-refractivity contribution in [2.24, 2.45) is 5.10 Å². The highest BCUT2D eigenvalue weighted by Crippen LogP contribution is 2.24. The Morgan fingerprint density at radius 1 is 1.21 bits per heavy atom. The molecular formula is C20H23N5O4. The molecule has 1 aliphatic rings. The number of carboxylic acid groups (broad SMARTS) is 1. The Bertz CT molecular complexity index is 1000. The van der Waals surface area contributed by atoms with Crippen LogP contribution in [0, 0.1) is 0 Å². The van der Waals surface area contributed by atoms with Crippen molar-refractivity contribution in [3.8, 4) is 0 Å². The summed E-state index contributed by atoms with van der Waals surface area (Å²) in [5.74, 6) is -1.56. The van der Waals surface area contributed by atoms with E-state index in [-0.39, 0.29) is 24.2 Å². The van der Waals surface area contributed by atoms with Crippen molar-refractivity contribution < 1.29 is 14.7 Å². The maximum absolute atomic E-state index is 12.6. The Morgan fingerprint density at radius 3 is 2.55 bits per heavy atom.